The van der Waals surface area contributed by atoms with Crippen molar-refractivity contribution >= 4 is 33.7 Å². The van der Waals surface area contributed by atoms with Gasteiger partial charge < -0.3 is 11.1 Å². The van der Waals surface area contributed by atoms with Gasteiger partial charge in [-0.2, -0.15) is 4.37 Å². The summed E-state index contributed by atoms with van der Waals surface area (Å²) in [7, 11) is 0. The van der Waals surface area contributed by atoms with Crippen molar-refractivity contribution in [3.63, 3.8) is 0 Å². The first kappa shape index (κ1) is 19.6. The Morgan fingerprint density at radius 1 is 1.19 bits per heavy atom. The summed E-state index contributed by atoms with van der Waals surface area (Å²) in [6, 6.07) is 15.8. The highest BCUT2D eigenvalue weighted by atomic mass is 32.1. The van der Waals surface area contributed by atoms with Crippen molar-refractivity contribution in [2.24, 2.45) is 10.7 Å². The maximum absolute atomic E-state index is 11.8. The fraction of sp³-hybridized carbons (Fsp3) is 0.174. The van der Waals surface area contributed by atoms with Crippen LogP contribution in [-0.2, 0) is 6.54 Å². The molecule has 3 aromatic rings. The zero-order valence-corrected chi connectivity index (χ0v) is 17.5. The Morgan fingerprint density at radius 2 is 2.06 bits per heavy atom. The maximum atomic E-state index is 11.8. The van der Waals surface area contributed by atoms with Gasteiger partial charge in [-0.15, -0.1) is 0 Å². The van der Waals surface area contributed by atoms with Crippen LogP contribution in [0.2, 0.25) is 0 Å². The zero-order chi connectivity index (χ0) is 21.2. The van der Waals surface area contributed by atoms with E-state index in [1.165, 1.54) is 17.1 Å². The monoisotopic (exact) mass is 430 g/mol. The molecule has 0 bridgehead atoms. The third kappa shape index (κ3) is 3.88. The smallest absolute Gasteiger partial charge is 0.250 e. The van der Waals surface area contributed by atoms with E-state index in [-0.39, 0.29) is 12.3 Å². The number of nitrogens with two attached hydrogens (primary N) is 1. The highest BCUT2D eigenvalue weighted by molar-refractivity contribution is 7.13. The molecule has 0 radical (unpaired) electrons. The summed E-state index contributed by atoms with van der Waals surface area (Å²) in [4.78, 5) is 16.4. The van der Waals surface area contributed by atoms with Crippen molar-refractivity contribution in [3.05, 3.63) is 88.9 Å². The number of primary amides is 1. The Hall–Kier alpha value is -3.33. The average Bonchev–Trinajstić information content (AvgIpc) is 3.08. The van der Waals surface area contributed by atoms with Crippen LogP contribution in [0.15, 0.2) is 77.1 Å². The molecule has 8 heteroatoms. The van der Waals surface area contributed by atoms with Gasteiger partial charge in [-0.05, 0) is 35.7 Å². The number of nitrogens with zero attached hydrogens (tertiary/aromatic N) is 2. The second kappa shape index (κ2) is 8.43. The minimum atomic E-state index is -0.447. The van der Waals surface area contributed by atoms with Gasteiger partial charge in [0.05, 0.1) is 22.1 Å². The molecule has 3 heterocycles. The second-order valence-corrected chi connectivity index (χ2v) is 8.22. The number of carbonyl (C=O) groups is 1. The van der Waals surface area contributed by atoms with Crippen LogP contribution in [0.5, 0.6) is 0 Å². The molecule has 0 saturated heterocycles. The lowest BCUT2D eigenvalue weighted by molar-refractivity contribution is 0.100. The van der Waals surface area contributed by atoms with Crippen molar-refractivity contribution in [2.75, 3.05) is 0 Å². The lowest BCUT2D eigenvalue weighted by Gasteiger charge is -2.35. The predicted molar refractivity (Wildman–Crippen MR) is 123 cm³/mol. The number of benzene rings is 2. The maximum Gasteiger partial charge on any atom is 0.250 e. The highest BCUT2D eigenvalue weighted by Crippen LogP contribution is 2.32. The molecular weight excluding hydrogens is 408 g/mol. The molecule has 2 aromatic carbocycles. The first-order chi connectivity index (χ1) is 15.2. The molecule has 0 fully saturated rings. The zero-order valence-electron chi connectivity index (χ0n) is 16.7. The summed E-state index contributed by atoms with van der Waals surface area (Å²) >= 11 is 1.29. The van der Waals surface area contributed by atoms with Crippen LogP contribution in [-0.4, -0.2) is 22.7 Å². The largest absolute Gasteiger partial charge is 0.366 e. The highest BCUT2D eigenvalue weighted by Gasteiger charge is 2.31. The molecule has 0 saturated carbocycles. The van der Waals surface area contributed by atoms with Gasteiger partial charge in [0.1, 0.15) is 12.0 Å². The van der Waals surface area contributed by atoms with Crippen LogP contribution in [0.25, 0.3) is 10.1 Å². The molecule has 5 rings (SSSR count). The normalized spacial score (nSPS) is 20.4. The molecule has 1 amide bonds. The van der Waals surface area contributed by atoms with Gasteiger partial charge in [0, 0.05) is 23.7 Å². The molecule has 156 valence electrons. The number of aromatic nitrogens is 1. The number of allylic oxidation sites excluding steroid dienone is 2. The summed E-state index contributed by atoms with van der Waals surface area (Å²) in [5.41, 5.74) is 9.23. The predicted octanol–water partition coefficient (Wildman–Crippen LogP) is 2.94. The fourth-order valence-electron chi connectivity index (χ4n) is 3.91. The summed E-state index contributed by atoms with van der Waals surface area (Å²) < 4.78 is 5.47. The first-order valence-corrected chi connectivity index (χ1v) is 10.9. The van der Waals surface area contributed by atoms with Gasteiger partial charge in [0.25, 0.3) is 0 Å². The molecule has 0 spiro atoms. The lowest BCUT2D eigenvalue weighted by Crippen LogP contribution is -2.53. The Kier molecular flexibility index (Phi) is 5.33. The van der Waals surface area contributed by atoms with Gasteiger partial charge >= 0.3 is 0 Å². The number of amides is 1. The average molecular weight is 431 g/mol. The van der Waals surface area contributed by atoms with Crippen LogP contribution in [0.3, 0.4) is 0 Å². The van der Waals surface area contributed by atoms with Crippen molar-refractivity contribution in [3.8, 4) is 0 Å². The van der Waals surface area contributed by atoms with E-state index in [1.54, 1.807) is 12.3 Å². The van der Waals surface area contributed by atoms with E-state index < -0.39 is 5.91 Å². The topological polar surface area (TPSA) is 104 Å². The molecule has 5 N–H and O–H groups in total. The van der Waals surface area contributed by atoms with Gasteiger partial charge in [-0.25, -0.2) is 4.99 Å². The van der Waals surface area contributed by atoms with E-state index in [4.69, 9.17) is 5.73 Å². The second-order valence-electron chi connectivity index (χ2n) is 7.44. The first-order valence-electron chi connectivity index (χ1n) is 10.1. The van der Waals surface area contributed by atoms with Crippen molar-refractivity contribution in [1.82, 2.24) is 20.3 Å². The Morgan fingerprint density at radius 3 is 2.90 bits per heavy atom. The molecule has 7 nitrogen and oxygen atoms in total. The van der Waals surface area contributed by atoms with Gasteiger partial charge in [0.2, 0.25) is 5.91 Å². The number of fused-ring (bicyclic) bond motifs is 1. The minimum Gasteiger partial charge on any atom is -0.366 e. The van der Waals surface area contributed by atoms with Crippen LogP contribution >= 0.6 is 11.5 Å². The lowest BCUT2D eigenvalue weighted by atomic mass is 10.0. The molecule has 2 unspecified atom stereocenters. The van der Waals surface area contributed by atoms with Crippen LogP contribution in [0.1, 0.15) is 34.2 Å². The van der Waals surface area contributed by atoms with E-state index in [0.717, 1.165) is 40.1 Å². The molecule has 0 aliphatic carbocycles. The summed E-state index contributed by atoms with van der Waals surface area (Å²) in [6.45, 7) is 0.721. The van der Waals surface area contributed by atoms with E-state index in [1.807, 2.05) is 36.4 Å². The van der Waals surface area contributed by atoms with Gasteiger partial charge in [-0.1, -0.05) is 48.5 Å². The summed E-state index contributed by atoms with van der Waals surface area (Å²) in [5, 5.41) is 11.6. The van der Waals surface area contributed by atoms with Crippen LogP contribution in [0, 0.1) is 0 Å². The third-order valence-corrected chi connectivity index (χ3v) is 6.36. The summed E-state index contributed by atoms with van der Waals surface area (Å²) in [6.07, 6.45) is 6.30. The Bertz CT molecular complexity index is 1210. The number of hydrogen-bond acceptors (Lipinski definition) is 7. The Balaban J connectivity index is 1.48. The van der Waals surface area contributed by atoms with Crippen molar-refractivity contribution in [2.45, 2.75) is 25.3 Å². The van der Waals surface area contributed by atoms with E-state index in [0.29, 0.717) is 5.56 Å². The minimum absolute atomic E-state index is 0.0857. The number of hydrogen-bond donors (Lipinski definition) is 4. The fourth-order valence-corrected chi connectivity index (χ4v) is 4.84. The summed E-state index contributed by atoms with van der Waals surface area (Å²) in [5.74, 6) is 0.392. The molecule has 2 aliphatic heterocycles. The SMILES string of the molecule is NC(=O)c1cccc2c(C3NC4=C(CC=CC=N4)C(NCc4ccccc4)N3)nsc12. The van der Waals surface area contributed by atoms with Gasteiger partial charge in [0.15, 0.2) is 0 Å². The van der Waals surface area contributed by atoms with Crippen LogP contribution < -0.4 is 21.7 Å². The quantitative estimate of drug-likeness (QED) is 0.498. The number of rotatable bonds is 5. The third-order valence-electron chi connectivity index (χ3n) is 5.45. The van der Waals surface area contributed by atoms with Crippen LogP contribution in [0.4, 0.5) is 0 Å². The standard InChI is InChI=1S/C23H22N6OS/c24-20(30)16-11-6-10-15-18(29-31-19(15)16)23-27-21-17(9-4-5-12-25-21)22(28-23)26-13-14-7-2-1-3-8-14/h1-8,10-12,22-23,26-28H,9,13H2,(H2,24,30). The molecular formula is C23H22N6OS. The molecule has 2 aliphatic rings. The number of carbonyl (C=O) groups excluding carboxylic acids is 1. The number of nitrogens with one attached hydrogen (secondary N) is 3. The Labute approximate surface area is 183 Å². The van der Waals surface area contributed by atoms with Crippen molar-refractivity contribution < 1.29 is 4.79 Å². The van der Waals surface area contributed by atoms with Crippen molar-refractivity contribution in [1.29, 1.82) is 0 Å². The molecule has 2 atom stereocenters. The van der Waals surface area contributed by atoms with E-state index in [9.17, 15) is 4.79 Å². The molecule has 31 heavy (non-hydrogen) atoms. The van der Waals surface area contributed by atoms with E-state index >= 15 is 0 Å². The number of aliphatic imine (C=N–C) groups is 1. The molecule has 1 aromatic heterocycles. The van der Waals surface area contributed by atoms with E-state index in [2.05, 4.69) is 43.5 Å². The van der Waals surface area contributed by atoms with Gasteiger partial charge in [-0.3, -0.25) is 15.4 Å².